The van der Waals surface area contributed by atoms with Crippen molar-refractivity contribution in [2.24, 2.45) is 0 Å². The van der Waals surface area contributed by atoms with Crippen LogP contribution in [0.4, 0.5) is 4.39 Å². The molecule has 9 heteroatoms. The maximum Gasteiger partial charge on any atom is 0.330 e. The van der Waals surface area contributed by atoms with Gasteiger partial charge < -0.3 is 29.9 Å². The Balaban J connectivity index is -0.000000284. The molecule has 0 fully saturated rings. The van der Waals surface area contributed by atoms with Gasteiger partial charge in [0.25, 0.3) is 0 Å². The van der Waals surface area contributed by atoms with Crippen LogP contribution in [0.15, 0.2) is 24.3 Å². The SMILES string of the molecule is C=C(C)C(=O)O.C=C(C)C(=O)O.OCCOCCOCC(O)F. The summed E-state index contributed by atoms with van der Waals surface area (Å²) in [7, 11) is 0. The Morgan fingerprint density at radius 3 is 1.61 bits per heavy atom. The smallest absolute Gasteiger partial charge is 0.330 e. The molecule has 0 saturated carbocycles. The van der Waals surface area contributed by atoms with Crippen LogP contribution in [0, 0.1) is 0 Å². The zero-order valence-electron chi connectivity index (χ0n) is 13.3. The van der Waals surface area contributed by atoms with E-state index in [1.54, 1.807) is 0 Å². The molecule has 0 bridgehead atoms. The molecule has 1 atom stereocenters. The Hall–Kier alpha value is -1.81. The second-order valence-corrected chi connectivity index (χ2v) is 4.02. The summed E-state index contributed by atoms with van der Waals surface area (Å²) in [6.07, 6.45) is -1.92. The number of hydrogen-bond acceptors (Lipinski definition) is 6. The van der Waals surface area contributed by atoms with Gasteiger partial charge in [0.1, 0.15) is 6.61 Å². The molecule has 23 heavy (non-hydrogen) atoms. The predicted molar refractivity (Wildman–Crippen MR) is 80.7 cm³/mol. The summed E-state index contributed by atoms with van der Waals surface area (Å²) in [5.41, 5.74) is 0.352. The number of aliphatic carboxylic acids is 2. The number of rotatable bonds is 9. The van der Waals surface area contributed by atoms with Gasteiger partial charge in [0.05, 0.1) is 26.4 Å². The van der Waals surface area contributed by atoms with E-state index in [0.717, 1.165) is 0 Å². The van der Waals surface area contributed by atoms with E-state index in [0.29, 0.717) is 6.61 Å². The van der Waals surface area contributed by atoms with Crippen LogP contribution in [-0.4, -0.2) is 71.8 Å². The van der Waals surface area contributed by atoms with Gasteiger partial charge in [0.15, 0.2) is 0 Å². The fourth-order valence-electron chi connectivity index (χ4n) is 0.465. The third-order valence-corrected chi connectivity index (χ3v) is 1.59. The van der Waals surface area contributed by atoms with Crippen LogP contribution in [0.1, 0.15) is 13.8 Å². The lowest BCUT2D eigenvalue weighted by Gasteiger charge is -2.04. The van der Waals surface area contributed by atoms with Gasteiger partial charge in [-0.15, -0.1) is 0 Å². The quantitative estimate of drug-likeness (QED) is 0.354. The third kappa shape index (κ3) is 33.2. The summed E-state index contributed by atoms with van der Waals surface area (Å²) < 4.78 is 21.0. The fraction of sp³-hybridized carbons (Fsp3) is 0.571. The third-order valence-electron chi connectivity index (χ3n) is 1.59. The van der Waals surface area contributed by atoms with Crippen LogP contribution in [0.25, 0.3) is 0 Å². The average molecular weight is 340 g/mol. The molecule has 4 N–H and O–H groups in total. The lowest BCUT2D eigenvalue weighted by atomic mass is 10.4. The zero-order chi connectivity index (χ0) is 18.8. The van der Waals surface area contributed by atoms with E-state index in [4.69, 9.17) is 25.2 Å². The second-order valence-electron chi connectivity index (χ2n) is 4.02. The normalized spacial score (nSPS) is 10.3. The van der Waals surface area contributed by atoms with Gasteiger partial charge in [-0.3, -0.25) is 0 Å². The largest absolute Gasteiger partial charge is 0.478 e. The minimum atomic E-state index is -1.92. The van der Waals surface area contributed by atoms with Crippen molar-refractivity contribution in [1.29, 1.82) is 0 Å². The van der Waals surface area contributed by atoms with E-state index in [9.17, 15) is 14.0 Å². The van der Waals surface area contributed by atoms with Gasteiger partial charge in [-0.2, -0.15) is 0 Å². The van der Waals surface area contributed by atoms with Gasteiger partial charge in [-0.25, -0.2) is 14.0 Å². The first kappa shape index (κ1) is 26.1. The van der Waals surface area contributed by atoms with Crippen molar-refractivity contribution < 1.29 is 43.9 Å². The molecule has 0 aliphatic heterocycles. The minimum Gasteiger partial charge on any atom is -0.478 e. The molecule has 0 saturated heterocycles. The van der Waals surface area contributed by atoms with Gasteiger partial charge >= 0.3 is 11.9 Å². The van der Waals surface area contributed by atoms with Crippen molar-refractivity contribution in [3.8, 4) is 0 Å². The molecule has 0 aliphatic carbocycles. The Labute approximate surface area is 134 Å². The van der Waals surface area contributed by atoms with Gasteiger partial charge in [-0.1, -0.05) is 13.2 Å². The van der Waals surface area contributed by atoms with E-state index in [1.807, 2.05) is 0 Å². The number of carboxylic acids is 2. The van der Waals surface area contributed by atoms with Crippen molar-refractivity contribution in [2.45, 2.75) is 20.2 Å². The number of alkyl halides is 1. The van der Waals surface area contributed by atoms with E-state index in [1.165, 1.54) is 13.8 Å². The van der Waals surface area contributed by atoms with Crippen LogP contribution >= 0.6 is 0 Å². The first-order chi connectivity index (χ1) is 10.6. The van der Waals surface area contributed by atoms with Gasteiger partial charge in [0.2, 0.25) is 6.36 Å². The molecule has 0 radical (unpaired) electrons. The standard InChI is InChI=1S/C6H13FO4.2C4H6O2/c7-6(9)5-11-4-3-10-2-1-8;2*1-3(2)4(5)6/h6,8-9H,1-5H2;2*1H2,2H3,(H,5,6). The van der Waals surface area contributed by atoms with Crippen molar-refractivity contribution in [3.63, 3.8) is 0 Å². The number of ether oxygens (including phenoxy) is 2. The number of carbonyl (C=O) groups is 2. The Morgan fingerprint density at radius 2 is 1.35 bits per heavy atom. The highest BCUT2D eigenvalue weighted by Crippen LogP contribution is 1.85. The Kier molecular flexibility index (Phi) is 20.7. The monoisotopic (exact) mass is 340 g/mol. The molecule has 8 nitrogen and oxygen atoms in total. The van der Waals surface area contributed by atoms with Crippen LogP contribution < -0.4 is 0 Å². The predicted octanol–water partition coefficient (Wildman–Crippen LogP) is 0.594. The second kappa shape index (κ2) is 18.2. The summed E-state index contributed by atoms with van der Waals surface area (Å²) in [4.78, 5) is 19.2. The topological polar surface area (TPSA) is 134 Å². The van der Waals surface area contributed by atoms with Crippen molar-refractivity contribution >= 4 is 11.9 Å². The maximum absolute atomic E-state index is 11.6. The summed E-state index contributed by atoms with van der Waals surface area (Å²) in [6, 6.07) is 0. The number of carboxylic acid groups (broad SMARTS) is 2. The lowest BCUT2D eigenvalue weighted by Crippen LogP contribution is -2.13. The molecule has 0 aromatic rings. The summed E-state index contributed by atoms with van der Waals surface area (Å²) in [5, 5.41) is 32.1. The maximum atomic E-state index is 11.6. The highest BCUT2D eigenvalue weighted by molar-refractivity contribution is 5.85. The lowest BCUT2D eigenvalue weighted by molar-refractivity contribution is -0.133. The number of hydrogen-bond donors (Lipinski definition) is 4. The number of aliphatic hydroxyl groups is 2. The van der Waals surface area contributed by atoms with E-state index in [2.05, 4.69) is 17.9 Å². The molecule has 0 aromatic heterocycles. The molecule has 0 aromatic carbocycles. The molecule has 0 spiro atoms. The Bertz CT molecular complexity index is 307. The summed E-state index contributed by atoms with van der Waals surface area (Å²) in [6.45, 7) is 9.61. The average Bonchev–Trinajstić information content (AvgIpc) is 2.43. The summed E-state index contributed by atoms with van der Waals surface area (Å²) in [5.74, 6) is -1.87. The highest BCUT2D eigenvalue weighted by Gasteiger charge is 1.97. The first-order valence-corrected chi connectivity index (χ1v) is 6.42. The summed E-state index contributed by atoms with van der Waals surface area (Å²) >= 11 is 0. The fourth-order valence-corrected chi connectivity index (χ4v) is 0.465. The molecule has 0 amide bonds. The molecular formula is C14H25FO8. The number of aliphatic hydroxyl groups excluding tert-OH is 2. The van der Waals surface area contributed by atoms with E-state index in [-0.39, 0.29) is 37.6 Å². The van der Waals surface area contributed by atoms with Crippen molar-refractivity contribution in [3.05, 3.63) is 24.3 Å². The van der Waals surface area contributed by atoms with Crippen LogP contribution in [-0.2, 0) is 19.1 Å². The van der Waals surface area contributed by atoms with Crippen molar-refractivity contribution in [1.82, 2.24) is 0 Å². The molecule has 0 aliphatic rings. The van der Waals surface area contributed by atoms with Crippen molar-refractivity contribution in [2.75, 3.05) is 33.0 Å². The number of halogens is 1. The highest BCUT2D eigenvalue weighted by atomic mass is 19.1. The van der Waals surface area contributed by atoms with Gasteiger partial charge in [0, 0.05) is 11.1 Å². The molecule has 1 unspecified atom stereocenters. The molecular weight excluding hydrogens is 315 g/mol. The molecule has 0 heterocycles. The zero-order valence-corrected chi connectivity index (χ0v) is 13.3. The first-order valence-electron chi connectivity index (χ1n) is 6.42. The minimum absolute atomic E-state index is 0.0360. The Morgan fingerprint density at radius 1 is 1.00 bits per heavy atom. The molecule has 0 rings (SSSR count). The van der Waals surface area contributed by atoms with E-state index < -0.39 is 18.3 Å². The van der Waals surface area contributed by atoms with Crippen LogP contribution in [0.5, 0.6) is 0 Å². The molecule has 136 valence electrons. The van der Waals surface area contributed by atoms with E-state index >= 15 is 0 Å². The van der Waals surface area contributed by atoms with Gasteiger partial charge in [-0.05, 0) is 13.8 Å². The van der Waals surface area contributed by atoms with Crippen LogP contribution in [0.2, 0.25) is 0 Å². The van der Waals surface area contributed by atoms with Crippen LogP contribution in [0.3, 0.4) is 0 Å².